The molecule has 1 aliphatic rings. The molecule has 0 bridgehead atoms. The number of imidazole rings is 1. The number of hydrogen-bond donors (Lipinski definition) is 0. The molecule has 4 aromatic rings. The van der Waals surface area contributed by atoms with Crippen molar-refractivity contribution in [1.82, 2.24) is 28.6 Å². The van der Waals surface area contributed by atoms with Crippen molar-refractivity contribution < 1.29 is 0 Å². The predicted octanol–water partition coefficient (Wildman–Crippen LogP) is 2.57. The average Bonchev–Trinajstić information content (AvgIpc) is 3.28. The fourth-order valence-electron chi connectivity index (χ4n) is 4.54. The van der Waals surface area contributed by atoms with Gasteiger partial charge in [-0.25, -0.2) is 9.78 Å². The third-order valence-electron chi connectivity index (χ3n) is 6.13. The van der Waals surface area contributed by atoms with Gasteiger partial charge in [0.2, 0.25) is 0 Å². The first-order valence-corrected chi connectivity index (χ1v) is 10.3. The number of rotatable bonds is 4. The first-order chi connectivity index (χ1) is 14.1. The van der Waals surface area contributed by atoms with E-state index in [2.05, 4.69) is 34.1 Å². The van der Waals surface area contributed by atoms with Crippen LogP contribution in [0.3, 0.4) is 0 Å². The zero-order valence-corrected chi connectivity index (χ0v) is 17.0. The highest BCUT2D eigenvalue weighted by atomic mass is 16.1. The summed E-state index contributed by atoms with van der Waals surface area (Å²) in [7, 11) is 2.03. The van der Waals surface area contributed by atoms with Crippen LogP contribution in [0, 0.1) is 6.92 Å². The smallest absolute Gasteiger partial charge is 0.302 e. The molecule has 1 fully saturated rings. The maximum atomic E-state index is 12.6. The quantitative estimate of drug-likeness (QED) is 0.537. The van der Waals surface area contributed by atoms with Gasteiger partial charge < -0.3 is 4.90 Å². The molecule has 0 unspecified atom stereocenters. The number of piperidine rings is 1. The molecule has 0 N–H and O–H groups in total. The van der Waals surface area contributed by atoms with Gasteiger partial charge in [-0.2, -0.15) is 5.10 Å². The Hall–Kier alpha value is -2.93. The van der Waals surface area contributed by atoms with Crippen LogP contribution in [0.15, 0.2) is 47.5 Å². The van der Waals surface area contributed by atoms with Crippen molar-refractivity contribution in [2.24, 2.45) is 7.05 Å². The minimum Gasteiger partial charge on any atom is -0.302 e. The molecule has 5 rings (SSSR count). The van der Waals surface area contributed by atoms with Crippen LogP contribution < -0.4 is 5.69 Å². The summed E-state index contributed by atoms with van der Waals surface area (Å²) >= 11 is 0. The molecule has 3 aromatic heterocycles. The Morgan fingerprint density at radius 3 is 2.72 bits per heavy atom. The van der Waals surface area contributed by atoms with Gasteiger partial charge in [0.25, 0.3) is 0 Å². The highest BCUT2D eigenvalue weighted by Gasteiger charge is 2.24. The number of nitrogens with zero attached hydrogens (tertiary/aromatic N) is 6. The summed E-state index contributed by atoms with van der Waals surface area (Å²) in [5.74, 6) is 0.505. The first kappa shape index (κ1) is 18.1. The van der Waals surface area contributed by atoms with Crippen molar-refractivity contribution in [1.29, 1.82) is 0 Å². The molecular weight excluding hydrogens is 364 g/mol. The van der Waals surface area contributed by atoms with E-state index in [1.165, 1.54) is 16.6 Å². The first-order valence-electron chi connectivity index (χ1n) is 10.3. The molecule has 0 saturated carbocycles. The number of fused-ring (bicyclic) bond motifs is 2. The largest absolute Gasteiger partial charge is 0.333 e. The minimum absolute atomic E-state index is 0.0158. The zero-order valence-electron chi connectivity index (χ0n) is 17.0. The highest BCUT2D eigenvalue weighted by Crippen LogP contribution is 2.32. The van der Waals surface area contributed by atoms with E-state index in [1.54, 1.807) is 15.2 Å². The summed E-state index contributed by atoms with van der Waals surface area (Å²) in [5.41, 5.74) is 4.00. The van der Waals surface area contributed by atoms with Crippen LogP contribution in [-0.4, -0.2) is 48.3 Å². The standard InChI is InChI=1S/C22H26N6O/c1-16-15-28-20(23-16)9-12-27(22(28)29)14-13-26-10-7-17(8-11-26)21-18-5-3-4-6-19(18)25(2)24-21/h3-6,9,12,15,17H,7-8,10-11,13-14H2,1-2H3. The molecule has 0 amide bonds. The van der Waals surface area contributed by atoms with E-state index in [1.807, 2.05) is 30.9 Å². The van der Waals surface area contributed by atoms with Gasteiger partial charge in [0, 0.05) is 43.8 Å². The van der Waals surface area contributed by atoms with Gasteiger partial charge in [-0.3, -0.25) is 13.6 Å². The molecular formula is C22H26N6O. The van der Waals surface area contributed by atoms with Crippen molar-refractivity contribution in [2.75, 3.05) is 19.6 Å². The summed E-state index contributed by atoms with van der Waals surface area (Å²) in [4.78, 5) is 19.4. The van der Waals surface area contributed by atoms with Crippen molar-refractivity contribution in [2.45, 2.75) is 32.2 Å². The summed E-state index contributed by atoms with van der Waals surface area (Å²) < 4.78 is 5.41. The Bertz CT molecular complexity index is 1230. The van der Waals surface area contributed by atoms with Gasteiger partial charge in [-0.1, -0.05) is 18.2 Å². The van der Waals surface area contributed by atoms with Crippen molar-refractivity contribution in [3.05, 3.63) is 64.6 Å². The van der Waals surface area contributed by atoms with E-state index in [0.29, 0.717) is 18.1 Å². The summed E-state index contributed by atoms with van der Waals surface area (Å²) in [5, 5.41) is 6.10. The van der Waals surface area contributed by atoms with Crippen LogP contribution in [0.2, 0.25) is 0 Å². The van der Waals surface area contributed by atoms with Crippen LogP contribution in [0.5, 0.6) is 0 Å². The van der Waals surface area contributed by atoms with E-state index in [0.717, 1.165) is 38.2 Å². The normalized spacial score (nSPS) is 16.2. The molecule has 0 aliphatic carbocycles. The Labute approximate surface area is 169 Å². The van der Waals surface area contributed by atoms with Crippen LogP contribution in [0.4, 0.5) is 0 Å². The van der Waals surface area contributed by atoms with Gasteiger partial charge >= 0.3 is 5.69 Å². The second kappa shape index (κ2) is 7.15. The molecule has 0 spiro atoms. The molecule has 7 heteroatoms. The number of benzene rings is 1. The van der Waals surface area contributed by atoms with Crippen LogP contribution in [-0.2, 0) is 13.6 Å². The number of likely N-dealkylation sites (tertiary alicyclic amines) is 1. The number of aromatic nitrogens is 5. The third kappa shape index (κ3) is 3.25. The van der Waals surface area contributed by atoms with Crippen molar-refractivity contribution in [3.8, 4) is 0 Å². The molecule has 1 saturated heterocycles. The van der Waals surface area contributed by atoms with Crippen molar-refractivity contribution in [3.63, 3.8) is 0 Å². The minimum atomic E-state index is -0.0158. The third-order valence-corrected chi connectivity index (χ3v) is 6.13. The van der Waals surface area contributed by atoms with E-state index in [-0.39, 0.29) is 5.69 Å². The summed E-state index contributed by atoms with van der Waals surface area (Å²) in [6.07, 6.45) is 5.87. The fourth-order valence-corrected chi connectivity index (χ4v) is 4.54. The van der Waals surface area contributed by atoms with Gasteiger partial charge in [0.1, 0.15) is 5.65 Å². The molecule has 7 nitrogen and oxygen atoms in total. The molecule has 1 aromatic carbocycles. The van der Waals surface area contributed by atoms with E-state index in [9.17, 15) is 4.79 Å². The monoisotopic (exact) mass is 390 g/mol. The topological polar surface area (TPSA) is 60.4 Å². The van der Waals surface area contributed by atoms with Gasteiger partial charge in [-0.05, 0) is 45.0 Å². The lowest BCUT2D eigenvalue weighted by atomic mass is 9.91. The molecule has 0 atom stereocenters. The summed E-state index contributed by atoms with van der Waals surface area (Å²) in [6, 6.07) is 10.4. The maximum Gasteiger partial charge on any atom is 0.333 e. The Balaban J connectivity index is 1.24. The molecule has 4 heterocycles. The SMILES string of the molecule is Cc1cn2c(=O)n(CCN3CCC(c4nn(C)c5ccccc45)CC3)ccc2n1. The van der Waals surface area contributed by atoms with Crippen molar-refractivity contribution >= 4 is 16.6 Å². The predicted molar refractivity (Wildman–Crippen MR) is 113 cm³/mol. The molecule has 1 aliphatic heterocycles. The molecule has 150 valence electrons. The average molecular weight is 390 g/mol. The fraction of sp³-hybridized carbons (Fsp3) is 0.409. The van der Waals surface area contributed by atoms with Gasteiger partial charge in [0.05, 0.1) is 16.9 Å². The van der Waals surface area contributed by atoms with E-state index < -0.39 is 0 Å². The second-order valence-corrected chi connectivity index (χ2v) is 8.04. The highest BCUT2D eigenvalue weighted by molar-refractivity contribution is 5.82. The number of aryl methyl sites for hydroxylation is 2. The van der Waals surface area contributed by atoms with E-state index >= 15 is 0 Å². The van der Waals surface area contributed by atoms with Crippen LogP contribution in [0.1, 0.15) is 30.1 Å². The lowest BCUT2D eigenvalue weighted by Crippen LogP contribution is -2.37. The van der Waals surface area contributed by atoms with Crippen LogP contribution >= 0.6 is 0 Å². The second-order valence-electron chi connectivity index (χ2n) is 8.04. The van der Waals surface area contributed by atoms with Gasteiger partial charge in [0.15, 0.2) is 0 Å². The Morgan fingerprint density at radius 1 is 1.10 bits per heavy atom. The zero-order chi connectivity index (χ0) is 20.0. The molecule has 0 radical (unpaired) electrons. The van der Waals surface area contributed by atoms with E-state index in [4.69, 9.17) is 5.10 Å². The maximum absolute atomic E-state index is 12.6. The summed E-state index contributed by atoms with van der Waals surface area (Å²) in [6.45, 7) is 5.57. The molecule has 29 heavy (non-hydrogen) atoms. The van der Waals surface area contributed by atoms with Gasteiger partial charge in [-0.15, -0.1) is 0 Å². The number of para-hydroxylation sites is 1. The van der Waals surface area contributed by atoms with Crippen LogP contribution in [0.25, 0.3) is 16.6 Å². The Kier molecular flexibility index (Phi) is 4.47. The lowest BCUT2D eigenvalue weighted by molar-refractivity contribution is 0.203. The Morgan fingerprint density at radius 2 is 1.90 bits per heavy atom. The lowest BCUT2D eigenvalue weighted by Gasteiger charge is -2.31. The number of hydrogen-bond acceptors (Lipinski definition) is 4.